The number of benzene rings is 1. The minimum atomic E-state index is 0.00639. The maximum atomic E-state index is 12.5. The Labute approximate surface area is 157 Å². The van der Waals surface area contributed by atoms with Gasteiger partial charge in [-0.2, -0.15) is 10.1 Å². The molecule has 0 radical (unpaired) electrons. The van der Waals surface area contributed by atoms with E-state index in [-0.39, 0.29) is 11.8 Å². The Morgan fingerprint density at radius 1 is 1.15 bits per heavy atom. The van der Waals surface area contributed by atoms with Crippen LogP contribution in [0.15, 0.2) is 28.8 Å². The van der Waals surface area contributed by atoms with Gasteiger partial charge in [-0.05, 0) is 18.9 Å². The molecule has 2 fully saturated rings. The number of hydrogen-bond donors (Lipinski definition) is 0. The zero-order valence-corrected chi connectivity index (χ0v) is 15.5. The fraction of sp³-hybridized carbons (Fsp3) is 0.500. The minimum absolute atomic E-state index is 0.00639. The number of aromatic nitrogens is 4. The molecule has 1 aliphatic heterocycles. The number of aryl methyl sites for hydroxylation is 1. The van der Waals surface area contributed by atoms with E-state index in [4.69, 9.17) is 4.52 Å². The summed E-state index contributed by atoms with van der Waals surface area (Å²) in [6.07, 6.45) is 6.44. The molecule has 1 amide bonds. The van der Waals surface area contributed by atoms with Crippen molar-refractivity contribution in [3.05, 3.63) is 30.1 Å². The summed E-state index contributed by atoms with van der Waals surface area (Å²) in [5.41, 5.74) is 1.71. The van der Waals surface area contributed by atoms with Crippen molar-refractivity contribution < 1.29 is 9.32 Å². The van der Waals surface area contributed by atoms with Crippen LogP contribution < -0.4 is 0 Å². The SMILES string of the molecule is Cn1nc(-c2nc(C3CC(=O)N(C4CCCCC4)C3)no2)c2ccccc21. The van der Waals surface area contributed by atoms with Crippen molar-refractivity contribution in [2.24, 2.45) is 7.05 Å². The third-order valence-electron chi connectivity index (χ3n) is 5.94. The molecule has 7 nitrogen and oxygen atoms in total. The van der Waals surface area contributed by atoms with Gasteiger partial charge >= 0.3 is 0 Å². The Hall–Kier alpha value is -2.70. The average Bonchev–Trinajstić information content (AvgIpc) is 3.40. The van der Waals surface area contributed by atoms with Crippen LogP contribution in [0.5, 0.6) is 0 Å². The summed E-state index contributed by atoms with van der Waals surface area (Å²) in [6, 6.07) is 8.37. The lowest BCUT2D eigenvalue weighted by Gasteiger charge is -2.31. The highest BCUT2D eigenvalue weighted by Crippen LogP contribution is 2.34. The van der Waals surface area contributed by atoms with Crippen LogP contribution in [-0.2, 0) is 11.8 Å². The standard InChI is InChI=1S/C20H23N5O2/c1-24-16-10-6-5-9-15(16)18(22-24)20-21-19(23-27-20)13-11-17(26)25(12-13)14-7-3-2-4-8-14/h5-6,9-10,13-14H,2-4,7-8,11-12H2,1H3. The molecule has 1 aliphatic carbocycles. The summed E-state index contributed by atoms with van der Waals surface area (Å²) in [5, 5.41) is 9.72. The van der Waals surface area contributed by atoms with Gasteiger partial charge in [0.15, 0.2) is 11.5 Å². The Bertz CT molecular complexity index is 985. The molecule has 1 saturated heterocycles. The van der Waals surface area contributed by atoms with Gasteiger partial charge in [-0.25, -0.2) is 0 Å². The van der Waals surface area contributed by atoms with Gasteiger partial charge in [0.2, 0.25) is 5.91 Å². The third kappa shape index (κ3) is 2.81. The topological polar surface area (TPSA) is 77.1 Å². The first-order chi connectivity index (χ1) is 13.2. The van der Waals surface area contributed by atoms with Gasteiger partial charge in [-0.3, -0.25) is 9.48 Å². The zero-order valence-electron chi connectivity index (χ0n) is 15.5. The summed E-state index contributed by atoms with van der Waals surface area (Å²) in [4.78, 5) is 19.2. The predicted octanol–water partition coefficient (Wildman–Crippen LogP) is 3.27. The lowest BCUT2D eigenvalue weighted by Crippen LogP contribution is -2.37. The molecule has 140 valence electrons. The Balaban J connectivity index is 1.40. The second-order valence-corrected chi connectivity index (χ2v) is 7.69. The molecule has 3 heterocycles. The molecule has 5 rings (SSSR count). The molecular formula is C20H23N5O2. The molecule has 2 aromatic heterocycles. The van der Waals surface area contributed by atoms with Gasteiger partial charge < -0.3 is 9.42 Å². The number of nitrogens with zero attached hydrogens (tertiary/aromatic N) is 5. The normalized spacial score (nSPS) is 21.4. The smallest absolute Gasteiger partial charge is 0.279 e. The number of para-hydroxylation sites is 1. The van der Waals surface area contributed by atoms with Crippen molar-refractivity contribution >= 4 is 16.8 Å². The Morgan fingerprint density at radius 3 is 2.81 bits per heavy atom. The lowest BCUT2D eigenvalue weighted by molar-refractivity contribution is -0.130. The van der Waals surface area contributed by atoms with E-state index < -0.39 is 0 Å². The van der Waals surface area contributed by atoms with Crippen molar-refractivity contribution in [3.63, 3.8) is 0 Å². The van der Waals surface area contributed by atoms with E-state index in [1.54, 1.807) is 0 Å². The van der Waals surface area contributed by atoms with E-state index in [0.29, 0.717) is 36.4 Å². The second-order valence-electron chi connectivity index (χ2n) is 7.69. The number of amides is 1. The zero-order chi connectivity index (χ0) is 18.4. The molecule has 27 heavy (non-hydrogen) atoms. The van der Waals surface area contributed by atoms with Gasteiger partial charge in [0.05, 0.1) is 5.52 Å². The maximum absolute atomic E-state index is 12.5. The molecule has 0 N–H and O–H groups in total. The van der Waals surface area contributed by atoms with Crippen molar-refractivity contribution in [1.82, 2.24) is 24.8 Å². The first kappa shape index (κ1) is 16.5. The molecule has 1 unspecified atom stereocenters. The third-order valence-corrected chi connectivity index (χ3v) is 5.94. The monoisotopic (exact) mass is 365 g/mol. The van der Waals surface area contributed by atoms with Crippen LogP contribution in [0.3, 0.4) is 0 Å². The van der Waals surface area contributed by atoms with Crippen molar-refractivity contribution in [2.75, 3.05) is 6.54 Å². The Kier molecular flexibility index (Phi) is 3.95. The van der Waals surface area contributed by atoms with Crippen LogP contribution >= 0.6 is 0 Å². The minimum Gasteiger partial charge on any atom is -0.339 e. The van der Waals surface area contributed by atoms with E-state index in [0.717, 1.165) is 23.7 Å². The fourth-order valence-corrected chi connectivity index (χ4v) is 4.52. The number of carbonyl (C=O) groups is 1. The molecular weight excluding hydrogens is 342 g/mol. The molecule has 1 saturated carbocycles. The van der Waals surface area contributed by atoms with E-state index in [2.05, 4.69) is 20.1 Å². The summed E-state index contributed by atoms with van der Waals surface area (Å²) in [7, 11) is 1.90. The van der Waals surface area contributed by atoms with Gasteiger partial charge in [-0.15, -0.1) is 0 Å². The molecule has 0 spiro atoms. The number of fused-ring (bicyclic) bond motifs is 1. The van der Waals surface area contributed by atoms with Crippen LogP contribution in [0.1, 0.15) is 50.3 Å². The highest BCUT2D eigenvalue weighted by atomic mass is 16.5. The molecule has 7 heteroatoms. The van der Waals surface area contributed by atoms with E-state index >= 15 is 0 Å². The summed E-state index contributed by atoms with van der Waals surface area (Å²) in [5.74, 6) is 1.27. The predicted molar refractivity (Wildman–Crippen MR) is 100.0 cm³/mol. The van der Waals surface area contributed by atoms with Crippen molar-refractivity contribution in [1.29, 1.82) is 0 Å². The van der Waals surface area contributed by atoms with Crippen LogP contribution in [0.2, 0.25) is 0 Å². The van der Waals surface area contributed by atoms with Crippen molar-refractivity contribution in [3.8, 4) is 11.6 Å². The first-order valence-corrected chi connectivity index (χ1v) is 9.76. The molecule has 0 bridgehead atoms. The summed E-state index contributed by atoms with van der Waals surface area (Å²) in [6.45, 7) is 0.700. The number of hydrogen-bond acceptors (Lipinski definition) is 5. The summed E-state index contributed by atoms with van der Waals surface area (Å²) < 4.78 is 7.35. The fourth-order valence-electron chi connectivity index (χ4n) is 4.52. The highest BCUT2D eigenvalue weighted by molar-refractivity contribution is 5.91. The van der Waals surface area contributed by atoms with Crippen molar-refractivity contribution in [2.45, 2.75) is 50.5 Å². The van der Waals surface area contributed by atoms with Gasteiger partial charge in [0.25, 0.3) is 5.89 Å². The number of carbonyl (C=O) groups excluding carboxylic acids is 1. The van der Waals surface area contributed by atoms with Crippen LogP contribution in [0, 0.1) is 0 Å². The number of rotatable bonds is 3. The largest absolute Gasteiger partial charge is 0.339 e. The van der Waals surface area contributed by atoms with Gasteiger partial charge in [-0.1, -0.05) is 42.6 Å². The molecule has 1 atom stereocenters. The van der Waals surface area contributed by atoms with E-state index in [1.807, 2.05) is 36.0 Å². The van der Waals surface area contributed by atoms with Gasteiger partial charge in [0, 0.05) is 37.4 Å². The quantitative estimate of drug-likeness (QED) is 0.712. The average molecular weight is 365 g/mol. The van der Waals surface area contributed by atoms with Crippen LogP contribution in [0.4, 0.5) is 0 Å². The molecule has 3 aromatic rings. The molecule has 2 aliphatic rings. The van der Waals surface area contributed by atoms with Crippen LogP contribution in [-0.4, -0.2) is 43.3 Å². The van der Waals surface area contributed by atoms with E-state index in [9.17, 15) is 4.79 Å². The highest BCUT2D eigenvalue weighted by Gasteiger charge is 2.37. The van der Waals surface area contributed by atoms with Gasteiger partial charge in [0.1, 0.15) is 0 Å². The maximum Gasteiger partial charge on any atom is 0.279 e. The van der Waals surface area contributed by atoms with Crippen LogP contribution in [0.25, 0.3) is 22.5 Å². The Morgan fingerprint density at radius 2 is 1.96 bits per heavy atom. The second kappa shape index (κ2) is 6.48. The van der Waals surface area contributed by atoms with E-state index in [1.165, 1.54) is 19.3 Å². The lowest BCUT2D eigenvalue weighted by atomic mass is 9.94. The number of likely N-dealkylation sites (tertiary alicyclic amines) is 1. The first-order valence-electron chi connectivity index (χ1n) is 9.76. The molecule has 1 aromatic carbocycles. The summed E-state index contributed by atoms with van der Waals surface area (Å²) >= 11 is 0.